The van der Waals surface area contributed by atoms with Gasteiger partial charge in [-0.2, -0.15) is 0 Å². The highest BCUT2D eigenvalue weighted by molar-refractivity contribution is 6.10. The summed E-state index contributed by atoms with van der Waals surface area (Å²) in [5.41, 5.74) is 2.86. The van der Waals surface area contributed by atoms with E-state index in [1.807, 2.05) is 11.0 Å². The SMILES string of the molecule is O=C1COc2ccc(CNC(=O)c3ncnc4c(C(=O)N5CCCCCC5)c[nH]c34)cc2N1. The van der Waals surface area contributed by atoms with Crippen LogP contribution in [0, 0.1) is 0 Å². The molecule has 2 aliphatic rings. The van der Waals surface area contributed by atoms with Crippen molar-refractivity contribution in [2.75, 3.05) is 25.0 Å². The Bertz CT molecular complexity index is 1230. The van der Waals surface area contributed by atoms with E-state index in [4.69, 9.17) is 4.74 Å². The molecule has 4 heterocycles. The maximum Gasteiger partial charge on any atom is 0.272 e. The van der Waals surface area contributed by atoms with Crippen molar-refractivity contribution in [3.05, 3.63) is 47.5 Å². The van der Waals surface area contributed by atoms with E-state index in [0.29, 0.717) is 28.0 Å². The molecule has 0 spiro atoms. The first kappa shape index (κ1) is 20.9. The molecule has 2 aromatic heterocycles. The van der Waals surface area contributed by atoms with Crippen LogP contribution in [0.4, 0.5) is 5.69 Å². The predicted octanol–water partition coefficient (Wildman–Crippen LogP) is 2.23. The number of hydrogen-bond acceptors (Lipinski definition) is 6. The Balaban J connectivity index is 1.33. The average molecular weight is 448 g/mol. The van der Waals surface area contributed by atoms with E-state index in [-0.39, 0.29) is 30.7 Å². The zero-order chi connectivity index (χ0) is 22.8. The lowest BCUT2D eigenvalue weighted by atomic mass is 10.1. The molecule has 3 N–H and O–H groups in total. The number of nitrogens with one attached hydrogen (secondary N) is 3. The molecule has 0 radical (unpaired) electrons. The van der Waals surface area contributed by atoms with Crippen LogP contribution in [0.2, 0.25) is 0 Å². The quantitative estimate of drug-likeness (QED) is 0.561. The summed E-state index contributed by atoms with van der Waals surface area (Å²) in [7, 11) is 0. The first-order valence-electron chi connectivity index (χ1n) is 11.1. The minimum atomic E-state index is -0.393. The smallest absolute Gasteiger partial charge is 0.272 e. The topological polar surface area (TPSA) is 129 Å². The number of carbonyl (C=O) groups excluding carboxylic acids is 3. The van der Waals surface area contributed by atoms with Gasteiger partial charge in [-0.05, 0) is 30.5 Å². The van der Waals surface area contributed by atoms with Crippen molar-refractivity contribution >= 4 is 34.4 Å². The summed E-state index contributed by atoms with van der Waals surface area (Å²) in [6.45, 7) is 1.69. The first-order chi connectivity index (χ1) is 16.1. The van der Waals surface area contributed by atoms with Gasteiger partial charge in [0, 0.05) is 25.8 Å². The Hall–Kier alpha value is -3.95. The molecule has 170 valence electrons. The van der Waals surface area contributed by atoms with Gasteiger partial charge in [-0.25, -0.2) is 9.97 Å². The number of nitrogens with zero attached hydrogens (tertiary/aromatic N) is 3. The number of fused-ring (bicyclic) bond motifs is 2. The highest BCUT2D eigenvalue weighted by Crippen LogP contribution is 2.28. The monoisotopic (exact) mass is 448 g/mol. The maximum absolute atomic E-state index is 13.1. The second kappa shape index (κ2) is 8.89. The van der Waals surface area contributed by atoms with E-state index in [2.05, 4.69) is 25.6 Å². The van der Waals surface area contributed by atoms with Crippen LogP contribution < -0.4 is 15.4 Å². The van der Waals surface area contributed by atoms with E-state index in [1.54, 1.807) is 18.3 Å². The van der Waals surface area contributed by atoms with Gasteiger partial charge in [-0.15, -0.1) is 0 Å². The number of aromatic nitrogens is 3. The van der Waals surface area contributed by atoms with Crippen molar-refractivity contribution in [3.63, 3.8) is 0 Å². The lowest BCUT2D eigenvalue weighted by Gasteiger charge is -2.19. The van der Waals surface area contributed by atoms with E-state index < -0.39 is 5.91 Å². The molecule has 33 heavy (non-hydrogen) atoms. The Labute approximate surface area is 189 Å². The Morgan fingerprint density at radius 3 is 2.76 bits per heavy atom. The van der Waals surface area contributed by atoms with Crippen molar-refractivity contribution in [2.45, 2.75) is 32.2 Å². The highest BCUT2D eigenvalue weighted by Gasteiger charge is 2.24. The molecule has 0 saturated carbocycles. The van der Waals surface area contributed by atoms with Crippen LogP contribution in [0.3, 0.4) is 0 Å². The summed E-state index contributed by atoms with van der Waals surface area (Å²) in [5, 5.41) is 5.59. The molecule has 0 unspecified atom stereocenters. The third-order valence-corrected chi connectivity index (χ3v) is 5.93. The molecule has 3 amide bonds. The Kier molecular flexibility index (Phi) is 5.64. The van der Waals surface area contributed by atoms with Crippen LogP contribution in [0.5, 0.6) is 5.75 Å². The van der Waals surface area contributed by atoms with Gasteiger partial charge in [-0.3, -0.25) is 14.4 Å². The number of amides is 3. The number of anilines is 1. The van der Waals surface area contributed by atoms with E-state index >= 15 is 0 Å². The fourth-order valence-electron chi connectivity index (χ4n) is 4.22. The lowest BCUT2D eigenvalue weighted by Crippen LogP contribution is -2.31. The van der Waals surface area contributed by atoms with Crippen LogP contribution >= 0.6 is 0 Å². The summed E-state index contributed by atoms with van der Waals surface area (Å²) in [5.74, 6) is -0.0953. The van der Waals surface area contributed by atoms with Gasteiger partial charge in [0.05, 0.1) is 16.8 Å². The van der Waals surface area contributed by atoms with Crippen LogP contribution in [0.1, 0.15) is 52.1 Å². The molecule has 1 aromatic carbocycles. The maximum atomic E-state index is 13.1. The van der Waals surface area contributed by atoms with Crippen molar-refractivity contribution in [1.82, 2.24) is 25.2 Å². The summed E-state index contributed by atoms with van der Waals surface area (Å²) < 4.78 is 5.35. The summed E-state index contributed by atoms with van der Waals surface area (Å²) >= 11 is 0. The minimum absolute atomic E-state index is 0.00874. The highest BCUT2D eigenvalue weighted by atomic mass is 16.5. The van der Waals surface area contributed by atoms with Gasteiger partial charge in [0.2, 0.25) is 0 Å². The molecular weight excluding hydrogens is 424 g/mol. The zero-order valence-electron chi connectivity index (χ0n) is 18.0. The number of likely N-dealkylation sites (tertiary alicyclic amines) is 1. The van der Waals surface area contributed by atoms with Gasteiger partial charge in [-0.1, -0.05) is 18.9 Å². The minimum Gasteiger partial charge on any atom is -0.482 e. The van der Waals surface area contributed by atoms with Crippen LogP contribution in [0.25, 0.3) is 11.0 Å². The molecule has 0 bridgehead atoms. The average Bonchev–Trinajstić information content (AvgIpc) is 3.07. The van der Waals surface area contributed by atoms with Gasteiger partial charge in [0.15, 0.2) is 12.3 Å². The number of aromatic amines is 1. The van der Waals surface area contributed by atoms with Gasteiger partial charge in [0.1, 0.15) is 17.6 Å². The van der Waals surface area contributed by atoms with Gasteiger partial charge >= 0.3 is 0 Å². The lowest BCUT2D eigenvalue weighted by molar-refractivity contribution is -0.118. The first-order valence-corrected chi connectivity index (χ1v) is 11.1. The third-order valence-electron chi connectivity index (χ3n) is 5.93. The van der Waals surface area contributed by atoms with Crippen molar-refractivity contribution < 1.29 is 19.1 Å². The molecule has 2 aliphatic heterocycles. The van der Waals surface area contributed by atoms with Gasteiger partial charge < -0.3 is 25.3 Å². The molecule has 5 rings (SSSR count). The van der Waals surface area contributed by atoms with Crippen molar-refractivity contribution in [2.24, 2.45) is 0 Å². The standard InChI is InChI=1S/C23H24N6O4/c30-18-12-33-17-6-5-14(9-16(17)28-18)10-25-22(31)21-20-19(26-13-27-21)15(11-24-20)23(32)29-7-3-1-2-4-8-29/h5-6,9,11,13,24H,1-4,7-8,10,12H2,(H,25,31)(H,28,30). The largest absolute Gasteiger partial charge is 0.482 e. The van der Waals surface area contributed by atoms with E-state index in [0.717, 1.165) is 44.3 Å². The van der Waals surface area contributed by atoms with E-state index in [1.165, 1.54) is 6.33 Å². The number of carbonyl (C=O) groups is 3. The molecule has 1 saturated heterocycles. The zero-order valence-corrected chi connectivity index (χ0v) is 18.0. The number of ether oxygens (including phenoxy) is 1. The van der Waals surface area contributed by atoms with Crippen molar-refractivity contribution in [1.29, 1.82) is 0 Å². The molecular formula is C23H24N6O4. The molecule has 10 heteroatoms. The molecule has 0 atom stereocenters. The van der Waals surface area contributed by atoms with Crippen LogP contribution in [0.15, 0.2) is 30.7 Å². The number of hydrogen-bond donors (Lipinski definition) is 3. The van der Waals surface area contributed by atoms with Crippen LogP contribution in [-0.4, -0.2) is 57.3 Å². The molecule has 1 fully saturated rings. The molecule has 3 aromatic rings. The number of rotatable bonds is 4. The predicted molar refractivity (Wildman–Crippen MR) is 120 cm³/mol. The molecule has 10 nitrogen and oxygen atoms in total. The fourth-order valence-corrected chi connectivity index (χ4v) is 4.22. The summed E-state index contributed by atoms with van der Waals surface area (Å²) in [6, 6.07) is 5.33. The Morgan fingerprint density at radius 2 is 1.94 bits per heavy atom. The van der Waals surface area contributed by atoms with Crippen LogP contribution in [-0.2, 0) is 11.3 Å². The number of benzene rings is 1. The fraction of sp³-hybridized carbons (Fsp3) is 0.348. The van der Waals surface area contributed by atoms with Gasteiger partial charge in [0.25, 0.3) is 17.7 Å². The molecule has 0 aliphatic carbocycles. The second-order valence-corrected chi connectivity index (χ2v) is 8.20. The van der Waals surface area contributed by atoms with Crippen molar-refractivity contribution in [3.8, 4) is 5.75 Å². The summed E-state index contributed by atoms with van der Waals surface area (Å²) in [4.78, 5) is 50.8. The second-order valence-electron chi connectivity index (χ2n) is 8.20. The Morgan fingerprint density at radius 1 is 1.12 bits per heavy atom. The third kappa shape index (κ3) is 4.23. The van der Waals surface area contributed by atoms with E-state index in [9.17, 15) is 14.4 Å². The number of H-pyrrole nitrogens is 1. The summed E-state index contributed by atoms with van der Waals surface area (Å²) in [6.07, 6.45) is 7.16. The normalized spacial score (nSPS) is 15.9.